The van der Waals surface area contributed by atoms with E-state index in [-0.39, 0.29) is 30.3 Å². The second-order valence-corrected chi connectivity index (χ2v) is 6.13. The van der Waals surface area contributed by atoms with Gasteiger partial charge in [-0.3, -0.25) is 9.59 Å². The molecule has 0 radical (unpaired) electrons. The van der Waals surface area contributed by atoms with E-state index in [2.05, 4.69) is 15.5 Å². The van der Waals surface area contributed by atoms with E-state index in [1.165, 1.54) is 0 Å². The molecule has 0 aromatic rings. The van der Waals surface area contributed by atoms with E-state index in [0.717, 1.165) is 26.6 Å². The fraction of sp³-hybridized carbons (Fsp3) is 0.882. The Labute approximate surface area is 147 Å². The Morgan fingerprint density at radius 2 is 1.25 bits per heavy atom. The third-order valence-electron chi connectivity index (χ3n) is 2.76. The Morgan fingerprint density at radius 1 is 0.875 bits per heavy atom. The number of aliphatic hydroxyl groups is 2. The van der Waals surface area contributed by atoms with Gasteiger partial charge < -0.3 is 25.7 Å². The van der Waals surface area contributed by atoms with Crippen molar-refractivity contribution in [2.45, 2.75) is 40.5 Å². The Hall–Kier alpha value is -1.18. The number of nitrogens with one attached hydrogen (secondary N) is 2. The van der Waals surface area contributed by atoms with Gasteiger partial charge in [0.1, 0.15) is 0 Å². The molecule has 0 fully saturated rings. The van der Waals surface area contributed by atoms with Crippen molar-refractivity contribution < 1.29 is 19.8 Å². The molecule has 0 aliphatic carbocycles. The molecule has 7 nitrogen and oxygen atoms in total. The van der Waals surface area contributed by atoms with Crippen LogP contribution >= 0.6 is 0 Å². The van der Waals surface area contributed by atoms with Gasteiger partial charge in [-0.1, -0.05) is 27.7 Å². The number of carbonyl (C=O) groups excluding carboxylic acids is 2. The average Bonchev–Trinajstić information content (AvgIpc) is 2.53. The fourth-order valence-electron chi connectivity index (χ4n) is 1.31. The molecule has 4 N–H and O–H groups in total. The Morgan fingerprint density at radius 3 is 1.54 bits per heavy atom. The third-order valence-corrected chi connectivity index (χ3v) is 2.76. The fourth-order valence-corrected chi connectivity index (χ4v) is 1.31. The van der Waals surface area contributed by atoms with Gasteiger partial charge in [-0.05, 0) is 33.5 Å². The van der Waals surface area contributed by atoms with E-state index in [1.807, 2.05) is 41.8 Å². The topological polar surface area (TPSA) is 102 Å². The predicted molar refractivity (Wildman–Crippen MR) is 98.7 cm³/mol. The van der Waals surface area contributed by atoms with Crippen molar-refractivity contribution in [1.29, 1.82) is 0 Å². The van der Waals surface area contributed by atoms with E-state index in [1.54, 1.807) is 0 Å². The summed E-state index contributed by atoms with van der Waals surface area (Å²) >= 11 is 0. The lowest BCUT2D eigenvalue weighted by Gasteiger charge is -2.10. The molecule has 0 heterocycles. The molecule has 7 heteroatoms. The largest absolute Gasteiger partial charge is 0.400 e. The van der Waals surface area contributed by atoms with Crippen LogP contribution in [0.1, 0.15) is 40.5 Å². The van der Waals surface area contributed by atoms with Crippen molar-refractivity contribution >= 4 is 11.8 Å². The van der Waals surface area contributed by atoms with E-state index in [4.69, 9.17) is 10.2 Å². The summed E-state index contributed by atoms with van der Waals surface area (Å²) in [7, 11) is 5.06. The van der Waals surface area contributed by atoms with Crippen molar-refractivity contribution in [2.24, 2.45) is 11.8 Å². The van der Waals surface area contributed by atoms with Gasteiger partial charge in [-0.2, -0.15) is 0 Å². The normalized spacial score (nSPS) is 9.83. The number of nitrogens with zero attached hydrogens (tertiary/aromatic N) is 1. The second kappa shape index (κ2) is 19.9. The van der Waals surface area contributed by atoms with Crippen molar-refractivity contribution in [2.75, 3.05) is 47.4 Å². The molecule has 0 saturated heterocycles. The first-order valence-electron chi connectivity index (χ1n) is 8.48. The summed E-state index contributed by atoms with van der Waals surface area (Å²) in [5, 5.41) is 20.9. The highest BCUT2D eigenvalue weighted by Gasteiger charge is 2.04. The average molecular weight is 350 g/mol. The quantitative estimate of drug-likeness (QED) is 0.453. The van der Waals surface area contributed by atoms with Crippen molar-refractivity contribution in [3.63, 3.8) is 0 Å². The highest BCUT2D eigenvalue weighted by Crippen LogP contribution is 1.91. The van der Waals surface area contributed by atoms with Crippen LogP contribution in [0.2, 0.25) is 0 Å². The molecule has 0 aromatic carbocycles. The van der Waals surface area contributed by atoms with Gasteiger partial charge in [-0.25, -0.2) is 0 Å². The molecule has 0 saturated carbocycles. The number of amides is 2. The Kier molecular flexibility index (Phi) is 22.9. The minimum absolute atomic E-state index is 0.0405. The zero-order chi connectivity index (χ0) is 19.5. The van der Waals surface area contributed by atoms with E-state index < -0.39 is 0 Å². The molecule has 0 aliphatic heterocycles. The van der Waals surface area contributed by atoms with Crippen LogP contribution in [-0.4, -0.2) is 74.4 Å². The van der Waals surface area contributed by atoms with Crippen LogP contribution in [0.25, 0.3) is 0 Å². The standard InChI is InChI=1S/C9H20N2O.C7H15NO2.CH4O/c1-8(2)9(12)10-6-5-7-11(3)4;1-6(2)7(10)8-4-3-5-9;1-2/h8H,5-7H2,1-4H3,(H,10,12);6,9H,3-5H2,1-2H3,(H,8,10);2H,1H3. The van der Waals surface area contributed by atoms with Crippen LogP contribution in [0.15, 0.2) is 0 Å². The first-order valence-corrected chi connectivity index (χ1v) is 8.48. The predicted octanol–water partition coefficient (Wildman–Crippen LogP) is 0.460. The maximum Gasteiger partial charge on any atom is 0.222 e. The van der Waals surface area contributed by atoms with Crippen molar-refractivity contribution in [3.8, 4) is 0 Å². The maximum absolute atomic E-state index is 11.1. The minimum atomic E-state index is 0.0405. The van der Waals surface area contributed by atoms with Gasteiger partial charge in [-0.15, -0.1) is 0 Å². The number of carbonyl (C=O) groups is 2. The van der Waals surface area contributed by atoms with E-state index in [0.29, 0.717) is 13.0 Å². The van der Waals surface area contributed by atoms with Gasteiger partial charge in [0, 0.05) is 38.6 Å². The zero-order valence-corrected chi connectivity index (χ0v) is 16.6. The molecule has 146 valence electrons. The van der Waals surface area contributed by atoms with Gasteiger partial charge in [0.2, 0.25) is 11.8 Å². The molecular weight excluding hydrogens is 310 g/mol. The lowest BCUT2D eigenvalue weighted by molar-refractivity contribution is -0.124. The van der Waals surface area contributed by atoms with Gasteiger partial charge >= 0.3 is 0 Å². The molecule has 0 spiro atoms. The molecule has 0 aromatic heterocycles. The Bertz CT molecular complexity index is 296. The van der Waals surface area contributed by atoms with E-state index in [9.17, 15) is 9.59 Å². The number of aliphatic hydroxyl groups excluding tert-OH is 2. The number of rotatable bonds is 9. The van der Waals surface area contributed by atoms with Crippen molar-refractivity contribution in [3.05, 3.63) is 0 Å². The number of hydrogen-bond donors (Lipinski definition) is 4. The molecule has 0 rings (SSSR count). The summed E-state index contributed by atoms with van der Waals surface area (Å²) in [5.41, 5.74) is 0. The first kappa shape index (κ1) is 27.7. The number of hydrogen-bond acceptors (Lipinski definition) is 5. The van der Waals surface area contributed by atoms with Crippen LogP contribution < -0.4 is 10.6 Å². The summed E-state index contributed by atoms with van der Waals surface area (Å²) in [6.07, 6.45) is 1.66. The highest BCUT2D eigenvalue weighted by molar-refractivity contribution is 5.78. The molecule has 0 aliphatic rings. The van der Waals surface area contributed by atoms with Crippen LogP contribution in [0.4, 0.5) is 0 Å². The molecule has 0 bridgehead atoms. The summed E-state index contributed by atoms with van der Waals surface area (Å²) in [4.78, 5) is 24.0. The third kappa shape index (κ3) is 23.1. The summed E-state index contributed by atoms with van der Waals surface area (Å²) in [5.74, 6) is 0.338. The lowest BCUT2D eigenvalue weighted by Crippen LogP contribution is -2.30. The lowest BCUT2D eigenvalue weighted by atomic mass is 10.2. The summed E-state index contributed by atoms with van der Waals surface area (Å²) in [6, 6.07) is 0. The van der Waals surface area contributed by atoms with Crippen LogP contribution in [0.5, 0.6) is 0 Å². The Balaban J connectivity index is -0.000000337. The zero-order valence-electron chi connectivity index (χ0n) is 16.6. The first-order chi connectivity index (χ1) is 11.2. The highest BCUT2D eigenvalue weighted by atomic mass is 16.3. The summed E-state index contributed by atoms with van der Waals surface area (Å²) in [6.45, 7) is 10.0. The van der Waals surface area contributed by atoms with Crippen LogP contribution in [-0.2, 0) is 9.59 Å². The smallest absolute Gasteiger partial charge is 0.222 e. The molecule has 24 heavy (non-hydrogen) atoms. The monoisotopic (exact) mass is 349 g/mol. The van der Waals surface area contributed by atoms with E-state index >= 15 is 0 Å². The maximum atomic E-state index is 11.1. The van der Waals surface area contributed by atoms with Crippen molar-refractivity contribution in [1.82, 2.24) is 15.5 Å². The summed E-state index contributed by atoms with van der Waals surface area (Å²) < 4.78 is 0. The second-order valence-electron chi connectivity index (χ2n) is 6.13. The van der Waals surface area contributed by atoms with Crippen LogP contribution in [0, 0.1) is 11.8 Å². The molecule has 0 unspecified atom stereocenters. The van der Waals surface area contributed by atoms with Gasteiger partial charge in [0.05, 0.1) is 0 Å². The van der Waals surface area contributed by atoms with Gasteiger partial charge in [0.15, 0.2) is 0 Å². The minimum Gasteiger partial charge on any atom is -0.400 e. The molecular formula is C17H39N3O4. The SMILES string of the molecule is CC(C)C(=O)NCCCN(C)C.CC(C)C(=O)NCCCO.CO. The van der Waals surface area contributed by atoms with Gasteiger partial charge in [0.25, 0.3) is 0 Å². The molecule has 0 atom stereocenters. The molecule has 2 amide bonds. The van der Waals surface area contributed by atoms with Crippen LogP contribution in [0.3, 0.4) is 0 Å².